The number of carboxylic acids is 1. The van der Waals surface area contributed by atoms with Crippen molar-refractivity contribution in [2.45, 2.75) is 24.9 Å². The molecule has 0 amide bonds. The number of aliphatic carboxylic acids is 1. The second-order valence-corrected chi connectivity index (χ2v) is 3.93. The molecular weight excluding hydrogens is 192 g/mol. The Labute approximate surface area is 88.7 Å². The zero-order valence-corrected chi connectivity index (χ0v) is 8.69. The standard InChI is InChI=1S/C12H14O3/c1-15-12(8-11(13)14)7-6-9-4-2-3-5-10(9)12/h2-5H,6-8H2,1H3,(H,13,14). The predicted octanol–water partition coefficient (Wildman–Crippen LogP) is 1.95. The van der Waals surface area contributed by atoms with Gasteiger partial charge in [-0.05, 0) is 24.0 Å². The van der Waals surface area contributed by atoms with Gasteiger partial charge in [-0.15, -0.1) is 0 Å². The number of hydrogen-bond acceptors (Lipinski definition) is 2. The van der Waals surface area contributed by atoms with Gasteiger partial charge in [-0.2, -0.15) is 0 Å². The molecule has 0 fully saturated rings. The van der Waals surface area contributed by atoms with Crippen LogP contribution in [0.15, 0.2) is 24.3 Å². The van der Waals surface area contributed by atoms with Crippen LogP contribution in [0, 0.1) is 0 Å². The number of ether oxygens (including phenoxy) is 1. The first kappa shape index (κ1) is 10.2. The van der Waals surface area contributed by atoms with Crippen molar-refractivity contribution >= 4 is 5.97 Å². The van der Waals surface area contributed by atoms with E-state index in [1.165, 1.54) is 5.56 Å². The van der Waals surface area contributed by atoms with Gasteiger partial charge >= 0.3 is 5.97 Å². The van der Waals surface area contributed by atoms with E-state index in [0.29, 0.717) is 0 Å². The lowest BCUT2D eigenvalue weighted by Gasteiger charge is -2.27. The lowest BCUT2D eigenvalue weighted by atomic mass is 9.92. The molecule has 2 rings (SSSR count). The lowest BCUT2D eigenvalue weighted by Crippen LogP contribution is -2.28. The molecule has 1 atom stereocenters. The molecule has 80 valence electrons. The Morgan fingerprint density at radius 1 is 1.53 bits per heavy atom. The Morgan fingerprint density at radius 3 is 2.93 bits per heavy atom. The molecule has 0 aromatic heterocycles. The van der Waals surface area contributed by atoms with Crippen LogP contribution in [0.2, 0.25) is 0 Å². The maximum atomic E-state index is 10.8. The van der Waals surface area contributed by atoms with Crippen molar-refractivity contribution in [2.75, 3.05) is 7.11 Å². The van der Waals surface area contributed by atoms with Gasteiger partial charge in [0.1, 0.15) is 5.60 Å². The number of carbonyl (C=O) groups is 1. The van der Waals surface area contributed by atoms with Gasteiger partial charge in [0.2, 0.25) is 0 Å². The van der Waals surface area contributed by atoms with E-state index in [-0.39, 0.29) is 6.42 Å². The van der Waals surface area contributed by atoms with Crippen LogP contribution in [0.5, 0.6) is 0 Å². The normalized spacial score (nSPS) is 23.8. The number of benzene rings is 1. The van der Waals surface area contributed by atoms with E-state index >= 15 is 0 Å². The molecular formula is C12H14O3. The van der Waals surface area contributed by atoms with E-state index in [1.807, 2.05) is 24.3 Å². The van der Waals surface area contributed by atoms with E-state index < -0.39 is 11.6 Å². The average Bonchev–Trinajstić information content (AvgIpc) is 2.58. The highest BCUT2D eigenvalue weighted by Gasteiger charge is 2.40. The third-order valence-electron chi connectivity index (χ3n) is 3.13. The predicted molar refractivity (Wildman–Crippen MR) is 55.7 cm³/mol. The minimum atomic E-state index is -0.812. The monoisotopic (exact) mass is 206 g/mol. The van der Waals surface area contributed by atoms with Crippen LogP contribution in [0.25, 0.3) is 0 Å². The molecule has 0 heterocycles. The van der Waals surface area contributed by atoms with Crippen molar-refractivity contribution in [2.24, 2.45) is 0 Å². The van der Waals surface area contributed by atoms with E-state index in [0.717, 1.165) is 18.4 Å². The topological polar surface area (TPSA) is 46.5 Å². The molecule has 0 saturated carbocycles. The quantitative estimate of drug-likeness (QED) is 0.822. The maximum Gasteiger partial charge on any atom is 0.306 e. The van der Waals surface area contributed by atoms with Crippen molar-refractivity contribution < 1.29 is 14.6 Å². The van der Waals surface area contributed by atoms with Crippen molar-refractivity contribution in [3.05, 3.63) is 35.4 Å². The summed E-state index contributed by atoms with van der Waals surface area (Å²) in [7, 11) is 1.59. The van der Waals surface area contributed by atoms with Gasteiger partial charge in [0.15, 0.2) is 0 Å². The van der Waals surface area contributed by atoms with Gasteiger partial charge < -0.3 is 9.84 Å². The highest BCUT2D eigenvalue weighted by atomic mass is 16.5. The largest absolute Gasteiger partial charge is 0.481 e. The number of rotatable bonds is 3. The molecule has 1 unspecified atom stereocenters. The molecule has 0 radical (unpaired) electrons. The summed E-state index contributed by atoms with van der Waals surface area (Å²) in [6, 6.07) is 7.91. The van der Waals surface area contributed by atoms with Crippen molar-refractivity contribution in [1.82, 2.24) is 0 Å². The smallest absolute Gasteiger partial charge is 0.306 e. The van der Waals surface area contributed by atoms with Gasteiger partial charge in [0.05, 0.1) is 6.42 Å². The van der Waals surface area contributed by atoms with Crippen molar-refractivity contribution in [3.8, 4) is 0 Å². The first-order chi connectivity index (χ1) is 7.18. The molecule has 1 N–H and O–H groups in total. The van der Waals surface area contributed by atoms with Crippen LogP contribution >= 0.6 is 0 Å². The Kier molecular flexibility index (Phi) is 2.49. The fourth-order valence-corrected chi connectivity index (χ4v) is 2.37. The molecule has 0 saturated heterocycles. The molecule has 0 bridgehead atoms. The zero-order chi connectivity index (χ0) is 10.9. The molecule has 0 spiro atoms. The summed E-state index contributed by atoms with van der Waals surface area (Å²) in [5.41, 5.74) is 1.64. The van der Waals surface area contributed by atoms with Crippen LogP contribution in [0.4, 0.5) is 0 Å². The van der Waals surface area contributed by atoms with E-state index in [9.17, 15) is 4.79 Å². The summed E-state index contributed by atoms with van der Waals surface area (Å²) in [5.74, 6) is -0.812. The molecule has 1 aromatic rings. The number of methoxy groups -OCH3 is 1. The van der Waals surface area contributed by atoms with Crippen LogP contribution < -0.4 is 0 Å². The number of hydrogen-bond donors (Lipinski definition) is 1. The molecule has 0 aliphatic heterocycles. The summed E-state index contributed by atoms with van der Waals surface area (Å²) < 4.78 is 5.46. The van der Waals surface area contributed by atoms with E-state index in [1.54, 1.807) is 7.11 Å². The minimum absolute atomic E-state index is 0.0422. The Hall–Kier alpha value is -1.35. The number of aryl methyl sites for hydroxylation is 1. The average molecular weight is 206 g/mol. The summed E-state index contributed by atoms with van der Waals surface area (Å²) in [6.07, 6.45) is 1.70. The number of carboxylic acid groups (broad SMARTS) is 1. The van der Waals surface area contributed by atoms with Crippen LogP contribution in [0.1, 0.15) is 24.0 Å². The Bertz CT molecular complexity index is 386. The molecule has 1 aliphatic carbocycles. The van der Waals surface area contributed by atoms with Crippen molar-refractivity contribution in [1.29, 1.82) is 0 Å². The molecule has 3 heteroatoms. The molecule has 1 aliphatic rings. The third-order valence-corrected chi connectivity index (χ3v) is 3.13. The first-order valence-electron chi connectivity index (χ1n) is 5.03. The molecule has 15 heavy (non-hydrogen) atoms. The second kappa shape index (κ2) is 3.66. The van der Waals surface area contributed by atoms with Gasteiger partial charge in [-0.3, -0.25) is 4.79 Å². The highest BCUT2D eigenvalue weighted by molar-refractivity contribution is 5.69. The van der Waals surface area contributed by atoms with Crippen LogP contribution in [0.3, 0.4) is 0 Å². The van der Waals surface area contributed by atoms with Crippen LogP contribution in [-0.2, 0) is 21.6 Å². The fraction of sp³-hybridized carbons (Fsp3) is 0.417. The van der Waals surface area contributed by atoms with Gasteiger partial charge in [0, 0.05) is 7.11 Å². The minimum Gasteiger partial charge on any atom is -0.481 e. The first-order valence-corrected chi connectivity index (χ1v) is 5.03. The van der Waals surface area contributed by atoms with E-state index in [2.05, 4.69) is 0 Å². The van der Waals surface area contributed by atoms with E-state index in [4.69, 9.17) is 9.84 Å². The Balaban J connectivity index is 2.41. The third kappa shape index (κ3) is 1.63. The fourth-order valence-electron chi connectivity index (χ4n) is 2.37. The van der Waals surface area contributed by atoms with Gasteiger partial charge in [0.25, 0.3) is 0 Å². The second-order valence-electron chi connectivity index (χ2n) is 3.93. The summed E-state index contributed by atoms with van der Waals surface area (Å²) in [6.45, 7) is 0. The summed E-state index contributed by atoms with van der Waals surface area (Å²) in [5, 5.41) is 8.92. The maximum absolute atomic E-state index is 10.8. The summed E-state index contributed by atoms with van der Waals surface area (Å²) in [4.78, 5) is 10.8. The van der Waals surface area contributed by atoms with Crippen molar-refractivity contribution in [3.63, 3.8) is 0 Å². The number of fused-ring (bicyclic) bond motifs is 1. The van der Waals surface area contributed by atoms with Crippen LogP contribution in [-0.4, -0.2) is 18.2 Å². The zero-order valence-electron chi connectivity index (χ0n) is 8.69. The SMILES string of the molecule is COC1(CC(=O)O)CCc2ccccc21. The molecule has 3 nitrogen and oxygen atoms in total. The lowest BCUT2D eigenvalue weighted by molar-refractivity contribution is -0.144. The Morgan fingerprint density at radius 2 is 2.27 bits per heavy atom. The molecule has 1 aromatic carbocycles. The highest BCUT2D eigenvalue weighted by Crippen LogP contribution is 2.41. The van der Waals surface area contributed by atoms with Gasteiger partial charge in [-0.25, -0.2) is 0 Å². The summed E-state index contributed by atoms with van der Waals surface area (Å²) >= 11 is 0. The van der Waals surface area contributed by atoms with Gasteiger partial charge in [-0.1, -0.05) is 24.3 Å².